The molecule has 0 unspecified atom stereocenters. The first-order valence-corrected chi connectivity index (χ1v) is 6.54. The number of halogens is 1. The van der Waals surface area contributed by atoms with Crippen LogP contribution in [0.2, 0.25) is 5.02 Å². The minimum atomic E-state index is -0.956. The summed E-state index contributed by atoms with van der Waals surface area (Å²) in [5.41, 5.74) is 0.373. The molecule has 0 radical (unpaired) electrons. The second kappa shape index (κ2) is 7.21. The van der Waals surface area contributed by atoms with Crippen molar-refractivity contribution in [3.63, 3.8) is 0 Å². The molecule has 20 heavy (non-hydrogen) atoms. The fourth-order valence-electron chi connectivity index (χ4n) is 1.97. The van der Waals surface area contributed by atoms with Crippen LogP contribution in [0.3, 0.4) is 0 Å². The third-order valence-electron chi connectivity index (χ3n) is 2.62. The first-order chi connectivity index (χ1) is 9.29. The highest BCUT2D eigenvalue weighted by Crippen LogP contribution is 2.24. The summed E-state index contributed by atoms with van der Waals surface area (Å²) in [5.74, 6) is -0.692. The second-order valence-corrected chi connectivity index (χ2v) is 5.42. The summed E-state index contributed by atoms with van der Waals surface area (Å²) in [5, 5.41) is 20.2. The number of carboxylic acids is 1. The Labute approximate surface area is 122 Å². The number of carbonyl (C=O) groups is 1. The standard InChI is InChI=1S/C13H17ClN2O4/c1-9(2)6-15(8-13(17)18)7-10-3-4-11(14)5-12(10)16(19)20/h3-5,9H,6-8H2,1-2H3,(H,17,18). The highest BCUT2D eigenvalue weighted by Gasteiger charge is 2.19. The molecule has 1 rings (SSSR count). The highest BCUT2D eigenvalue weighted by atomic mass is 35.5. The summed E-state index contributed by atoms with van der Waals surface area (Å²) >= 11 is 5.75. The minimum absolute atomic E-state index is 0.0864. The number of rotatable bonds is 7. The Morgan fingerprint density at radius 3 is 2.65 bits per heavy atom. The Hall–Kier alpha value is -1.66. The first kappa shape index (κ1) is 16.4. The van der Waals surface area contributed by atoms with E-state index < -0.39 is 10.9 Å². The summed E-state index contributed by atoms with van der Waals surface area (Å²) < 4.78 is 0. The largest absolute Gasteiger partial charge is 0.480 e. The fourth-order valence-corrected chi connectivity index (χ4v) is 2.14. The van der Waals surface area contributed by atoms with Gasteiger partial charge in [0.15, 0.2) is 0 Å². The predicted molar refractivity (Wildman–Crippen MR) is 75.9 cm³/mol. The number of aliphatic carboxylic acids is 1. The zero-order valence-corrected chi connectivity index (χ0v) is 12.1. The Kier molecular flexibility index (Phi) is 5.91. The monoisotopic (exact) mass is 300 g/mol. The molecular formula is C13H17ClN2O4. The highest BCUT2D eigenvalue weighted by molar-refractivity contribution is 6.30. The van der Waals surface area contributed by atoms with Crippen molar-refractivity contribution in [3.8, 4) is 0 Å². The van der Waals surface area contributed by atoms with Gasteiger partial charge in [-0.15, -0.1) is 0 Å². The lowest BCUT2D eigenvalue weighted by atomic mass is 10.1. The molecule has 0 aliphatic heterocycles. The third-order valence-corrected chi connectivity index (χ3v) is 2.86. The number of hydrogen-bond donors (Lipinski definition) is 1. The van der Waals surface area contributed by atoms with Crippen molar-refractivity contribution in [2.45, 2.75) is 20.4 Å². The molecule has 0 bridgehead atoms. The second-order valence-electron chi connectivity index (χ2n) is 4.99. The van der Waals surface area contributed by atoms with E-state index in [1.54, 1.807) is 17.0 Å². The predicted octanol–water partition coefficient (Wildman–Crippen LogP) is 2.79. The van der Waals surface area contributed by atoms with Gasteiger partial charge in [-0.05, 0) is 18.1 Å². The molecule has 0 aliphatic rings. The van der Waals surface area contributed by atoms with Crippen molar-refractivity contribution in [1.29, 1.82) is 0 Å². The summed E-state index contributed by atoms with van der Waals surface area (Å²) in [6.45, 7) is 4.53. The van der Waals surface area contributed by atoms with E-state index in [4.69, 9.17) is 16.7 Å². The molecule has 0 aromatic heterocycles. The summed E-state index contributed by atoms with van der Waals surface area (Å²) in [6.07, 6.45) is 0. The van der Waals surface area contributed by atoms with E-state index in [2.05, 4.69) is 0 Å². The van der Waals surface area contributed by atoms with Crippen LogP contribution in [-0.2, 0) is 11.3 Å². The summed E-state index contributed by atoms with van der Waals surface area (Å²) in [7, 11) is 0. The zero-order chi connectivity index (χ0) is 15.3. The Balaban J connectivity index is 2.97. The van der Waals surface area contributed by atoms with Gasteiger partial charge in [0, 0.05) is 29.7 Å². The van der Waals surface area contributed by atoms with Crippen LogP contribution in [0, 0.1) is 16.0 Å². The van der Waals surface area contributed by atoms with Gasteiger partial charge in [-0.3, -0.25) is 19.8 Å². The van der Waals surface area contributed by atoms with E-state index in [1.165, 1.54) is 6.07 Å². The molecule has 0 atom stereocenters. The van der Waals surface area contributed by atoms with Crippen LogP contribution in [0.1, 0.15) is 19.4 Å². The van der Waals surface area contributed by atoms with E-state index in [-0.39, 0.29) is 29.7 Å². The Morgan fingerprint density at radius 1 is 1.50 bits per heavy atom. The molecule has 0 aliphatic carbocycles. The van der Waals surface area contributed by atoms with E-state index in [0.717, 1.165) is 0 Å². The van der Waals surface area contributed by atoms with Gasteiger partial charge < -0.3 is 5.11 Å². The molecule has 1 aromatic carbocycles. The van der Waals surface area contributed by atoms with Crippen LogP contribution in [-0.4, -0.2) is 34.0 Å². The molecule has 6 nitrogen and oxygen atoms in total. The van der Waals surface area contributed by atoms with Gasteiger partial charge in [-0.25, -0.2) is 0 Å². The molecule has 0 spiro atoms. The van der Waals surface area contributed by atoms with Gasteiger partial charge in [-0.1, -0.05) is 25.4 Å². The number of nitrogens with zero attached hydrogens (tertiary/aromatic N) is 2. The van der Waals surface area contributed by atoms with Crippen molar-refractivity contribution in [1.82, 2.24) is 4.90 Å². The van der Waals surface area contributed by atoms with Crippen LogP contribution in [0.4, 0.5) is 5.69 Å². The minimum Gasteiger partial charge on any atom is -0.480 e. The quantitative estimate of drug-likeness (QED) is 0.618. The molecule has 1 N–H and O–H groups in total. The summed E-state index contributed by atoms with van der Waals surface area (Å²) in [6, 6.07) is 4.42. The fraction of sp³-hybridized carbons (Fsp3) is 0.462. The summed E-state index contributed by atoms with van der Waals surface area (Å²) in [4.78, 5) is 23.0. The van der Waals surface area contributed by atoms with E-state index >= 15 is 0 Å². The molecule has 7 heteroatoms. The lowest BCUT2D eigenvalue weighted by Gasteiger charge is -2.22. The van der Waals surface area contributed by atoms with Crippen molar-refractivity contribution < 1.29 is 14.8 Å². The lowest BCUT2D eigenvalue weighted by Crippen LogP contribution is -2.32. The SMILES string of the molecule is CC(C)CN(CC(=O)O)Cc1ccc(Cl)cc1[N+](=O)[O-]. The van der Waals surface area contributed by atoms with Crippen LogP contribution in [0.15, 0.2) is 18.2 Å². The topological polar surface area (TPSA) is 83.7 Å². The average Bonchev–Trinajstić information content (AvgIpc) is 2.29. The molecule has 0 fully saturated rings. The van der Waals surface area contributed by atoms with Crippen molar-refractivity contribution in [2.24, 2.45) is 5.92 Å². The number of benzene rings is 1. The zero-order valence-electron chi connectivity index (χ0n) is 11.4. The maximum absolute atomic E-state index is 11.0. The third kappa shape index (κ3) is 5.14. The van der Waals surface area contributed by atoms with Gasteiger partial charge in [-0.2, -0.15) is 0 Å². The van der Waals surface area contributed by atoms with Crippen molar-refractivity contribution in [3.05, 3.63) is 38.9 Å². The number of hydrogen-bond acceptors (Lipinski definition) is 4. The first-order valence-electron chi connectivity index (χ1n) is 6.16. The van der Waals surface area contributed by atoms with Gasteiger partial charge in [0.25, 0.3) is 5.69 Å². The molecule has 1 aromatic rings. The maximum atomic E-state index is 11.0. The van der Waals surface area contributed by atoms with Crippen LogP contribution < -0.4 is 0 Å². The normalized spacial score (nSPS) is 11.1. The molecular weight excluding hydrogens is 284 g/mol. The van der Waals surface area contributed by atoms with Crippen molar-refractivity contribution in [2.75, 3.05) is 13.1 Å². The van der Waals surface area contributed by atoms with E-state index in [9.17, 15) is 14.9 Å². The average molecular weight is 301 g/mol. The van der Waals surface area contributed by atoms with Gasteiger partial charge in [0.2, 0.25) is 0 Å². The van der Waals surface area contributed by atoms with Gasteiger partial charge >= 0.3 is 5.97 Å². The Morgan fingerprint density at radius 2 is 2.15 bits per heavy atom. The molecule has 0 saturated heterocycles. The lowest BCUT2D eigenvalue weighted by molar-refractivity contribution is -0.385. The number of nitro groups is 1. The van der Waals surface area contributed by atoms with Crippen LogP contribution in [0.25, 0.3) is 0 Å². The molecule has 110 valence electrons. The van der Waals surface area contributed by atoms with Crippen LogP contribution >= 0.6 is 11.6 Å². The Bertz CT molecular complexity index is 505. The number of nitro benzene ring substituents is 1. The van der Waals surface area contributed by atoms with Crippen LogP contribution in [0.5, 0.6) is 0 Å². The van der Waals surface area contributed by atoms with Crippen molar-refractivity contribution >= 4 is 23.3 Å². The molecule has 0 heterocycles. The molecule has 0 amide bonds. The molecule has 0 saturated carbocycles. The van der Waals surface area contributed by atoms with Gasteiger partial charge in [0.1, 0.15) is 0 Å². The smallest absolute Gasteiger partial charge is 0.317 e. The number of carboxylic acid groups (broad SMARTS) is 1. The van der Waals surface area contributed by atoms with E-state index in [0.29, 0.717) is 12.1 Å². The maximum Gasteiger partial charge on any atom is 0.317 e. The van der Waals surface area contributed by atoms with E-state index in [1.807, 2.05) is 13.8 Å². The van der Waals surface area contributed by atoms with Gasteiger partial charge in [0.05, 0.1) is 11.5 Å².